The van der Waals surface area contributed by atoms with Crippen molar-refractivity contribution in [2.45, 2.75) is 38.3 Å². The second-order valence-electron chi connectivity index (χ2n) is 6.02. The molecule has 7 nitrogen and oxygen atoms in total. The fraction of sp³-hybridized carbons (Fsp3) is 0.500. The van der Waals surface area contributed by atoms with Crippen LogP contribution in [0.3, 0.4) is 0 Å². The number of hydrogen-bond donors (Lipinski definition) is 2. The minimum Gasteiger partial charge on any atom is -0.351 e. The molecule has 1 amide bonds. The topological polar surface area (TPSA) is 98.7 Å². The van der Waals surface area contributed by atoms with E-state index in [1.807, 2.05) is 30.3 Å². The largest absolute Gasteiger partial charge is 0.351 e. The van der Waals surface area contributed by atoms with Crippen molar-refractivity contribution in [1.82, 2.24) is 25.5 Å². The van der Waals surface area contributed by atoms with Crippen LogP contribution in [0.4, 0.5) is 0 Å². The van der Waals surface area contributed by atoms with Crippen molar-refractivity contribution in [2.75, 3.05) is 6.54 Å². The van der Waals surface area contributed by atoms with Crippen LogP contribution in [-0.2, 0) is 4.79 Å². The van der Waals surface area contributed by atoms with E-state index in [-0.39, 0.29) is 24.4 Å². The molecule has 3 N–H and O–H groups in total. The van der Waals surface area contributed by atoms with Gasteiger partial charge in [0.05, 0.1) is 0 Å². The van der Waals surface area contributed by atoms with Crippen molar-refractivity contribution in [3.05, 3.63) is 30.3 Å². The maximum absolute atomic E-state index is 12.4. The number of tetrazole rings is 1. The van der Waals surface area contributed by atoms with Crippen LogP contribution in [0, 0.1) is 5.92 Å². The first-order valence-electron chi connectivity index (χ1n) is 8.04. The molecule has 1 aromatic carbocycles. The molecule has 0 spiro atoms. The summed E-state index contributed by atoms with van der Waals surface area (Å²) in [7, 11) is 0. The summed E-state index contributed by atoms with van der Waals surface area (Å²) in [6.07, 6.45) is 3.18. The number of nitrogens with one attached hydrogen (secondary N) is 1. The Labute approximate surface area is 147 Å². The molecule has 2 aromatic rings. The molecule has 0 radical (unpaired) electrons. The Morgan fingerprint density at radius 2 is 2.12 bits per heavy atom. The zero-order valence-corrected chi connectivity index (χ0v) is 14.4. The molecule has 130 valence electrons. The Balaban J connectivity index is 0.00000208. The fourth-order valence-electron chi connectivity index (χ4n) is 3.01. The van der Waals surface area contributed by atoms with E-state index in [1.54, 1.807) is 6.92 Å². The first kappa shape index (κ1) is 18.4. The Kier molecular flexibility index (Phi) is 6.28. The van der Waals surface area contributed by atoms with Crippen LogP contribution >= 0.6 is 12.4 Å². The van der Waals surface area contributed by atoms with Crippen LogP contribution in [0.15, 0.2) is 30.3 Å². The van der Waals surface area contributed by atoms with Crippen LogP contribution < -0.4 is 11.1 Å². The van der Waals surface area contributed by atoms with Gasteiger partial charge in [-0.25, -0.2) is 0 Å². The molecule has 0 aliphatic heterocycles. The smallest absolute Gasteiger partial charge is 0.246 e. The van der Waals surface area contributed by atoms with Gasteiger partial charge in [0.15, 0.2) is 0 Å². The summed E-state index contributed by atoms with van der Waals surface area (Å²) in [6.45, 7) is 2.39. The third-order valence-corrected chi connectivity index (χ3v) is 4.48. The Morgan fingerprint density at radius 1 is 1.38 bits per heavy atom. The molecular weight excluding hydrogens is 328 g/mol. The summed E-state index contributed by atoms with van der Waals surface area (Å²) in [5.74, 6) is 0.799. The van der Waals surface area contributed by atoms with Crippen molar-refractivity contribution >= 4 is 18.3 Å². The van der Waals surface area contributed by atoms with E-state index in [1.165, 1.54) is 4.80 Å². The number of carbonyl (C=O) groups excluding carboxylic acids is 1. The first-order valence-corrected chi connectivity index (χ1v) is 8.04. The van der Waals surface area contributed by atoms with Crippen LogP contribution in [-0.4, -0.2) is 38.7 Å². The van der Waals surface area contributed by atoms with E-state index in [0.717, 1.165) is 24.8 Å². The maximum Gasteiger partial charge on any atom is 0.246 e. The molecule has 0 saturated heterocycles. The van der Waals surface area contributed by atoms with Crippen molar-refractivity contribution in [3.63, 3.8) is 0 Å². The standard InChI is InChI=1S/C16H22N6O.ClH/c1-11(16(23)18-14-9-5-8-13(14)10-17)22-20-15(19-21-22)12-6-3-2-4-7-12;/h2-4,6-7,11,13-14H,5,8-10,17H2,1H3,(H,18,23);1H. The number of aromatic nitrogens is 4. The molecule has 0 bridgehead atoms. The van der Waals surface area contributed by atoms with Crippen molar-refractivity contribution in [2.24, 2.45) is 11.7 Å². The summed E-state index contributed by atoms with van der Waals surface area (Å²) in [6, 6.07) is 9.25. The first-order chi connectivity index (χ1) is 11.2. The van der Waals surface area contributed by atoms with Gasteiger partial charge in [-0.3, -0.25) is 4.79 Å². The van der Waals surface area contributed by atoms with Gasteiger partial charge in [-0.2, -0.15) is 4.80 Å². The number of nitrogens with two attached hydrogens (primary N) is 1. The monoisotopic (exact) mass is 350 g/mol. The van der Waals surface area contributed by atoms with Gasteiger partial charge in [0.1, 0.15) is 6.04 Å². The lowest BCUT2D eigenvalue weighted by atomic mass is 10.0. The number of benzene rings is 1. The van der Waals surface area contributed by atoms with E-state index in [0.29, 0.717) is 18.3 Å². The van der Waals surface area contributed by atoms with E-state index in [4.69, 9.17) is 5.73 Å². The predicted octanol–water partition coefficient (Wildman–Crippen LogP) is 1.57. The van der Waals surface area contributed by atoms with Crippen LogP contribution in [0.25, 0.3) is 11.4 Å². The van der Waals surface area contributed by atoms with E-state index >= 15 is 0 Å². The molecule has 24 heavy (non-hydrogen) atoms. The highest BCUT2D eigenvalue weighted by atomic mass is 35.5. The molecule has 3 rings (SSSR count). The average molecular weight is 351 g/mol. The van der Waals surface area contributed by atoms with Crippen molar-refractivity contribution < 1.29 is 4.79 Å². The molecule has 8 heteroatoms. The lowest BCUT2D eigenvalue weighted by molar-refractivity contribution is -0.125. The third kappa shape index (κ3) is 3.91. The fourth-order valence-corrected chi connectivity index (χ4v) is 3.01. The van der Waals surface area contributed by atoms with Gasteiger partial charge in [0.2, 0.25) is 11.7 Å². The minimum atomic E-state index is -0.501. The van der Waals surface area contributed by atoms with Gasteiger partial charge in [0.25, 0.3) is 0 Å². The Morgan fingerprint density at radius 3 is 2.83 bits per heavy atom. The summed E-state index contributed by atoms with van der Waals surface area (Å²) in [4.78, 5) is 13.8. The number of amides is 1. The van der Waals surface area contributed by atoms with Gasteiger partial charge in [-0.15, -0.1) is 22.6 Å². The molecule has 3 unspecified atom stereocenters. The second kappa shape index (κ2) is 8.21. The second-order valence-corrected chi connectivity index (χ2v) is 6.02. The molecule has 1 heterocycles. The maximum atomic E-state index is 12.4. The quantitative estimate of drug-likeness (QED) is 0.852. The molecular formula is C16H23ClN6O. The summed E-state index contributed by atoms with van der Waals surface area (Å²) in [5, 5.41) is 15.5. The molecule has 1 aliphatic carbocycles. The molecule has 1 aromatic heterocycles. The SMILES string of the molecule is CC(C(=O)NC1CCCC1CN)n1nnc(-c2ccccc2)n1.Cl. The number of hydrogen-bond acceptors (Lipinski definition) is 5. The van der Waals surface area contributed by atoms with Crippen LogP contribution in [0.1, 0.15) is 32.2 Å². The highest BCUT2D eigenvalue weighted by Gasteiger charge is 2.29. The van der Waals surface area contributed by atoms with E-state index in [9.17, 15) is 4.79 Å². The number of rotatable bonds is 5. The normalized spacial score (nSPS) is 21.1. The number of carbonyl (C=O) groups is 1. The Hall–Kier alpha value is -1.99. The number of nitrogens with zero attached hydrogens (tertiary/aromatic N) is 4. The predicted molar refractivity (Wildman–Crippen MR) is 93.5 cm³/mol. The van der Waals surface area contributed by atoms with Gasteiger partial charge in [-0.1, -0.05) is 36.8 Å². The Bertz CT molecular complexity index is 662. The van der Waals surface area contributed by atoms with Crippen LogP contribution in [0.5, 0.6) is 0 Å². The number of halogens is 1. The molecule has 3 atom stereocenters. The van der Waals surface area contributed by atoms with Gasteiger partial charge < -0.3 is 11.1 Å². The molecule has 1 fully saturated rings. The van der Waals surface area contributed by atoms with E-state index < -0.39 is 6.04 Å². The van der Waals surface area contributed by atoms with Crippen molar-refractivity contribution in [1.29, 1.82) is 0 Å². The summed E-state index contributed by atoms with van der Waals surface area (Å²) in [5.41, 5.74) is 6.64. The van der Waals surface area contributed by atoms with Gasteiger partial charge in [-0.05, 0) is 37.4 Å². The zero-order chi connectivity index (χ0) is 16.2. The highest BCUT2D eigenvalue weighted by molar-refractivity contribution is 5.85. The lowest BCUT2D eigenvalue weighted by Crippen LogP contribution is -2.43. The highest BCUT2D eigenvalue weighted by Crippen LogP contribution is 2.25. The minimum absolute atomic E-state index is 0. The molecule has 1 saturated carbocycles. The van der Waals surface area contributed by atoms with Gasteiger partial charge in [0, 0.05) is 11.6 Å². The van der Waals surface area contributed by atoms with Crippen LogP contribution in [0.2, 0.25) is 0 Å². The molecule has 1 aliphatic rings. The third-order valence-electron chi connectivity index (χ3n) is 4.48. The average Bonchev–Trinajstić information content (AvgIpc) is 3.24. The van der Waals surface area contributed by atoms with E-state index in [2.05, 4.69) is 20.7 Å². The summed E-state index contributed by atoms with van der Waals surface area (Å²) < 4.78 is 0. The summed E-state index contributed by atoms with van der Waals surface area (Å²) >= 11 is 0. The zero-order valence-electron chi connectivity index (χ0n) is 13.6. The van der Waals surface area contributed by atoms with Crippen molar-refractivity contribution in [3.8, 4) is 11.4 Å². The van der Waals surface area contributed by atoms with Gasteiger partial charge >= 0.3 is 0 Å². The lowest BCUT2D eigenvalue weighted by Gasteiger charge is -2.21.